The fourth-order valence-electron chi connectivity index (χ4n) is 2.87. The quantitative estimate of drug-likeness (QED) is 0.907. The third kappa shape index (κ3) is 3.37. The van der Waals surface area contributed by atoms with Crippen molar-refractivity contribution in [2.24, 2.45) is 0 Å². The van der Waals surface area contributed by atoms with Crippen LogP contribution in [0.3, 0.4) is 0 Å². The summed E-state index contributed by atoms with van der Waals surface area (Å²) in [6.45, 7) is 3.49. The molecule has 122 valence electrons. The predicted octanol–water partition coefficient (Wildman–Crippen LogP) is 2.26. The Morgan fingerprint density at radius 3 is 3.04 bits per heavy atom. The maximum atomic E-state index is 12.4. The molecule has 0 aliphatic carbocycles. The number of aromatic hydroxyl groups is 1. The van der Waals surface area contributed by atoms with Crippen LogP contribution in [-0.2, 0) is 11.3 Å². The van der Waals surface area contributed by atoms with Crippen LogP contribution in [0.15, 0.2) is 36.7 Å². The van der Waals surface area contributed by atoms with E-state index in [-0.39, 0.29) is 29.4 Å². The minimum atomic E-state index is -0.286. The van der Waals surface area contributed by atoms with Crippen LogP contribution in [0.5, 0.6) is 5.75 Å². The Morgan fingerprint density at radius 1 is 1.48 bits per heavy atom. The molecule has 1 saturated heterocycles. The molecule has 1 aromatic carbocycles. The van der Waals surface area contributed by atoms with Gasteiger partial charge in [-0.3, -0.25) is 9.48 Å². The largest absolute Gasteiger partial charge is 0.507 e. The number of carbonyl (C=O) groups is 1. The molecule has 2 atom stereocenters. The Kier molecular flexibility index (Phi) is 4.62. The molecule has 2 heterocycles. The monoisotopic (exact) mass is 315 g/mol. The third-order valence-electron chi connectivity index (χ3n) is 4.09. The maximum Gasteiger partial charge on any atom is 0.255 e. The van der Waals surface area contributed by atoms with Gasteiger partial charge in [-0.25, -0.2) is 0 Å². The summed E-state index contributed by atoms with van der Waals surface area (Å²) in [5.74, 6) is -0.302. The van der Waals surface area contributed by atoms with E-state index in [1.807, 2.05) is 17.8 Å². The van der Waals surface area contributed by atoms with Crippen molar-refractivity contribution in [3.8, 4) is 5.75 Å². The van der Waals surface area contributed by atoms with Crippen molar-refractivity contribution < 1.29 is 14.6 Å². The van der Waals surface area contributed by atoms with Crippen molar-refractivity contribution in [2.45, 2.75) is 38.5 Å². The summed E-state index contributed by atoms with van der Waals surface area (Å²) in [4.78, 5) is 12.4. The van der Waals surface area contributed by atoms with Gasteiger partial charge in [0.25, 0.3) is 5.91 Å². The van der Waals surface area contributed by atoms with Crippen molar-refractivity contribution >= 4 is 5.91 Å². The molecule has 2 N–H and O–H groups in total. The fraction of sp³-hybridized carbons (Fsp3) is 0.412. The average molecular weight is 315 g/mol. The number of ether oxygens (including phenoxy) is 1. The topological polar surface area (TPSA) is 76.4 Å². The van der Waals surface area contributed by atoms with Crippen LogP contribution in [0.4, 0.5) is 0 Å². The molecule has 0 bridgehead atoms. The van der Waals surface area contributed by atoms with Crippen molar-refractivity contribution in [2.75, 3.05) is 6.61 Å². The Labute approximate surface area is 135 Å². The maximum absolute atomic E-state index is 12.4. The average Bonchev–Trinajstić information content (AvgIpc) is 3.04. The number of para-hydroxylation sites is 1. The zero-order chi connectivity index (χ0) is 16.2. The van der Waals surface area contributed by atoms with E-state index < -0.39 is 0 Å². The Bertz CT molecular complexity index is 683. The van der Waals surface area contributed by atoms with Gasteiger partial charge in [-0.1, -0.05) is 12.1 Å². The highest BCUT2D eigenvalue weighted by Gasteiger charge is 2.30. The lowest BCUT2D eigenvalue weighted by atomic mass is 9.97. The Morgan fingerprint density at radius 2 is 2.30 bits per heavy atom. The molecule has 1 aliphatic rings. The van der Waals surface area contributed by atoms with Gasteiger partial charge in [-0.05, 0) is 31.9 Å². The van der Waals surface area contributed by atoms with Crippen molar-refractivity contribution in [1.82, 2.24) is 15.1 Å². The minimum absolute atomic E-state index is 0.0166. The number of carbonyl (C=O) groups excluding carboxylic acids is 1. The van der Waals surface area contributed by atoms with Gasteiger partial charge in [0, 0.05) is 24.9 Å². The highest BCUT2D eigenvalue weighted by atomic mass is 16.5. The lowest BCUT2D eigenvalue weighted by molar-refractivity contribution is -0.00953. The molecule has 6 nitrogen and oxygen atoms in total. The van der Waals surface area contributed by atoms with Gasteiger partial charge >= 0.3 is 0 Å². The van der Waals surface area contributed by atoms with Crippen LogP contribution in [-0.4, -0.2) is 33.4 Å². The summed E-state index contributed by atoms with van der Waals surface area (Å²) in [6, 6.07) is 6.41. The van der Waals surface area contributed by atoms with Crippen LogP contribution >= 0.6 is 0 Å². The summed E-state index contributed by atoms with van der Waals surface area (Å²) in [6.07, 6.45) is 5.26. The molecule has 2 aromatic rings. The van der Waals surface area contributed by atoms with Crippen molar-refractivity contribution in [3.05, 3.63) is 47.8 Å². The van der Waals surface area contributed by atoms with Gasteiger partial charge in [0.15, 0.2) is 0 Å². The first-order chi connectivity index (χ1) is 11.2. The van der Waals surface area contributed by atoms with E-state index in [9.17, 15) is 9.90 Å². The van der Waals surface area contributed by atoms with Crippen LogP contribution < -0.4 is 5.32 Å². The van der Waals surface area contributed by atoms with Gasteiger partial charge in [-0.2, -0.15) is 5.10 Å². The molecule has 0 spiro atoms. The minimum Gasteiger partial charge on any atom is -0.507 e. The summed E-state index contributed by atoms with van der Waals surface area (Å²) in [5, 5.41) is 17.1. The first-order valence-corrected chi connectivity index (χ1v) is 7.92. The number of phenols is 1. The smallest absolute Gasteiger partial charge is 0.255 e. The van der Waals surface area contributed by atoms with Crippen LogP contribution in [0.25, 0.3) is 0 Å². The van der Waals surface area contributed by atoms with E-state index >= 15 is 0 Å². The summed E-state index contributed by atoms with van der Waals surface area (Å²) < 4.78 is 7.71. The SMILES string of the molecule is CCn1cc([C@H]2OCCC[C@@H]2NC(=O)c2ccccc2O)cn1. The zero-order valence-corrected chi connectivity index (χ0v) is 13.1. The number of amides is 1. The number of phenolic OH excluding ortho intramolecular Hbond substituents is 1. The Balaban J connectivity index is 1.76. The molecule has 6 heteroatoms. The second kappa shape index (κ2) is 6.83. The molecule has 0 unspecified atom stereocenters. The number of benzene rings is 1. The molecule has 0 saturated carbocycles. The molecule has 1 aliphatic heterocycles. The first kappa shape index (κ1) is 15.6. The Hall–Kier alpha value is -2.34. The fourth-order valence-corrected chi connectivity index (χ4v) is 2.87. The van der Waals surface area contributed by atoms with E-state index in [4.69, 9.17) is 4.74 Å². The predicted molar refractivity (Wildman–Crippen MR) is 85.2 cm³/mol. The summed E-state index contributed by atoms with van der Waals surface area (Å²) >= 11 is 0. The molecule has 1 fully saturated rings. The van der Waals surface area contributed by atoms with Gasteiger partial charge in [-0.15, -0.1) is 0 Å². The van der Waals surface area contributed by atoms with E-state index in [0.29, 0.717) is 6.61 Å². The standard InChI is InChI=1S/C17H21N3O3/c1-2-20-11-12(10-18-20)16-14(7-5-9-23-16)19-17(22)13-6-3-4-8-15(13)21/h3-4,6,8,10-11,14,16,21H,2,5,7,9H2,1H3,(H,19,22)/t14-,16+/m0/s1. The van der Waals surface area contributed by atoms with Crippen LogP contribution in [0.1, 0.15) is 41.8 Å². The number of aryl methyl sites for hydroxylation is 1. The van der Waals surface area contributed by atoms with E-state index in [0.717, 1.165) is 24.9 Å². The number of hydrogen-bond acceptors (Lipinski definition) is 4. The second-order valence-electron chi connectivity index (χ2n) is 5.66. The number of nitrogens with zero attached hydrogens (tertiary/aromatic N) is 2. The van der Waals surface area contributed by atoms with E-state index in [1.54, 1.807) is 24.4 Å². The van der Waals surface area contributed by atoms with Crippen LogP contribution in [0, 0.1) is 0 Å². The highest BCUT2D eigenvalue weighted by molar-refractivity contribution is 5.96. The zero-order valence-electron chi connectivity index (χ0n) is 13.1. The van der Waals surface area contributed by atoms with E-state index in [1.165, 1.54) is 6.07 Å². The second-order valence-corrected chi connectivity index (χ2v) is 5.66. The van der Waals surface area contributed by atoms with Crippen LogP contribution in [0.2, 0.25) is 0 Å². The van der Waals surface area contributed by atoms with Crippen molar-refractivity contribution in [1.29, 1.82) is 0 Å². The molecule has 3 rings (SSSR count). The normalized spacial score (nSPS) is 21.1. The summed E-state index contributed by atoms with van der Waals surface area (Å²) in [5.41, 5.74) is 1.25. The van der Waals surface area contributed by atoms with Gasteiger partial charge in [0.05, 0.1) is 17.8 Å². The van der Waals surface area contributed by atoms with Gasteiger partial charge < -0.3 is 15.2 Å². The summed E-state index contributed by atoms with van der Waals surface area (Å²) in [7, 11) is 0. The van der Waals surface area contributed by atoms with E-state index in [2.05, 4.69) is 10.4 Å². The first-order valence-electron chi connectivity index (χ1n) is 7.92. The molecular weight excluding hydrogens is 294 g/mol. The number of rotatable bonds is 4. The molecule has 23 heavy (non-hydrogen) atoms. The molecular formula is C17H21N3O3. The molecule has 0 radical (unpaired) electrons. The number of aromatic nitrogens is 2. The highest BCUT2D eigenvalue weighted by Crippen LogP contribution is 2.29. The van der Waals surface area contributed by atoms with Gasteiger partial charge in [0.2, 0.25) is 0 Å². The lowest BCUT2D eigenvalue weighted by Gasteiger charge is -2.31. The van der Waals surface area contributed by atoms with Crippen molar-refractivity contribution in [3.63, 3.8) is 0 Å². The van der Waals surface area contributed by atoms with Gasteiger partial charge in [0.1, 0.15) is 11.9 Å². The number of nitrogens with one attached hydrogen (secondary N) is 1. The lowest BCUT2D eigenvalue weighted by Crippen LogP contribution is -2.42. The molecule has 1 amide bonds. The third-order valence-corrected chi connectivity index (χ3v) is 4.09. The molecule has 1 aromatic heterocycles. The number of hydrogen-bond donors (Lipinski definition) is 2.